The standard InChI is InChI=1S/C16H16F3NO/c17-16(18,19)15-8-13(5-4-12(15)9-20)21-14-6-10-2-1-3-11(10)7-14/h4-5,8,10-11,14H,1-3,6-7H2. The molecule has 2 aliphatic rings. The molecule has 21 heavy (non-hydrogen) atoms. The molecule has 2 nitrogen and oxygen atoms in total. The number of rotatable bonds is 2. The largest absolute Gasteiger partial charge is 0.490 e. The summed E-state index contributed by atoms with van der Waals surface area (Å²) in [5.74, 6) is 1.57. The van der Waals surface area contributed by atoms with Crippen molar-refractivity contribution >= 4 is 0 Å². The highest BCUT2D eigenvalue weighted by Gasteiger charge is 2.39. The molecule has 5 heteroatoms. The van der Waals surface area contributed by atoms with Gasteiger partial charge in [-0.05, 0) is 42.9 Å². The number of nitriles is 1. The lowest BCUT2D eigenvalue weighted by Gasteiger charge is -2.16. The highest BCUT2D eigenvalue weighted by Crippen LogP contribution is 2.45. The molecule has 2 aliphatic carbocycles. The Bertz CT molecular complexity index is 564. The van der Waals surface area contributed by atoms with Crippen molar-refractivity contribution in [3.63, 3.8) is 0 Å². The van der Waals surface area contributed by atoms with Crippen LogP contribution < -0.4 is 4.74 Å². The molecular formula is C16H16F3NO. The van der Waals surface area contributed by atoms with Gasteiger partial charge in [-0.3, -0.25) is 0 Å². The molecule has 2 unspecified atom stereocenters. The molecule has 0 amide bonds. The normalized spacial score (nSPS) is 28.2. The van der Waals surface area contributed by atoms with E-state index in [0.29, 0.717) is 11.8 Å². The van der Waals surface area contributed by atoms with Gasteiger partial charge in [-0.15, -0.1) is 0 Å². The van der Waals surface area contributed by atoms with Gasteiger partial charge in [0.2, 0.25) is 0 Å². The van der Waals surface area contributed by atoms with Gasteiger partial charge in [-0.25, -0.2) is 0 Å². The Morgan fingerprint density at radius 2 is 1.81 bits per heavy atom. The van der Waals surface area contributed by atoms with Crippen LogP contribution in [0.5, 0.6) is 5.75 Å². The smallest absolute Gasteiger partial charge is 0.417 e. The van der Waals surface area contributed by atoms with Gasteiger partial charge < -0.3 is 4.74 Å². The summed E-state index contributed by atoms with van der Waals surface area (Å²) in [6.07, 6.45) is 1.04. The molecule has 112 valence electrons. The Morgan fingerprint density at radius 3 is 2.38 bits per heavy atom. The maximum absolute atomic E-state index is 12.9. The van der Waals surface area contributed by atoms with E-state index in [4.69, 9.17) is 10.00 Å². The van der Waals surface area contributed by atoms with E-state index in [0.717, 1.165) is 18.9 Å². The third kappa shape index (κ3) is 2.85. The molecule has 1 aromatic rings. The molecule has 0 N–H and O–H groups in total. The summed E-state index contributed by atoms with van der Waals surface area (Å²) in [5.41, 5.74) is -1.28. The Labute approximate surface area is 121 Å². The van der Waals surface area contributed by atoms with Crippen molar-refractivity contribution in [2.24, 2.45) is 11.8 Å². The van der Waals surface area contributed by atoms with E-state index in [1.54, 1.807) is 6.07 Å². The quantitative estimate of drug-likeness (QED) is 0.802. The van der Waals surface area contributed by atoms with Crippen LogP contribution in [0, 0.1) is 23.2 Å². The fraction of sp³-hybridized carbons (Fsp3) is 0.562. The van der Waals surface area contributed by atoms with Crippen LogP contribution in [0.3, 0.4) is 0 Å². The summed E-state index contributed by atoms with van der Waals surface area (Å²) in [7, 11) is 0. The molecule has 0 saturated heterocycles. The molecular weight excluding hydrogens is 279 g/mol. The number of alkyl halides is 3. The molecule has 0 bridgehead atoms. The molecule has 2 fully saturated rings. The highest BCUT2D eigenvalue weighted by atomic mass is 19.4. The van der Waals surface area contributed by atoms with Gasteiger partial charge in [-0.1, -0.05) is 19.3 Å². The van der Waals surface area contributed by atoms with Crippen molar-refractivity contribution in [3.05, 3.63) is 29.3 Å². The van der Waals surface area contributed by atoms with Gasteiger partial charge in [0.05, 0.1) is 23.3 Å². The van der Waals surface area contributed by atoms with E-state index in [1.165, 1.54) is 31.4 Å². The highest BCUT2D eigenvalue weighted by molar-refractivity contribution is 5.44. The summed E-state index contributed by atoms with van der Waals surface area (Å²) < 4.78 is 44.5. The maximum atomic E-state index is 12.9. The maximum Gasteiger partial charge on any atom is 0.417 e. The zero-order valence-corrected chi connectivity index (χ0v) is 11.5. The van der Waals surface area contributed by atoms with E-state index in [1.807, 2.05) is 0 Å². The average molecular weight is 295 g/mol. The molecule has 3 rings (SSSR count). The summed E-state index contributed by atoms with van der Waals surface area (Å²) in [5, 5.41) is 8.78. The molecule has 2 saturated carbocycles. The van der Waals surface area contributed by atoms with Crippen LogP contribution in [0.2, 0.25) is 0 Å². The lowest BCUT2D eigenvalue weighted by atomic mass is 10.0. The molecule has 0 aromatic heterocycles. The lowest BCUT2D eigenvalue weighted by Crippen LogP contribution is -2.14. The van der Waals surface area contributed by atoms with Gasteiger partial charge in [-0.2, -0.15) is 18.4 Å². The minimum absolute atomic E-state index is 0.00863. The minimum atomic E-state index is -4.53. The first kappa shape index (κ1) is 14.2. The van der Waals surface area contributed by atoms with Crippen LogP contribution in [0.15, 0.2) is 18.2 Å². The Kier molecular flexibility index (Phi) is 3.56. The zero-order valence-electron chi connectivity index (χ0n) is 11.5. The van der Waals surface area contributed by atoms with Gasteiger partial charge in [0.1, 0.15) is 5.75 Å². The molecule has 0 radical (unpaired) electrons. The number of hydrogen-bond acceptors (Lipinski definition) is 2. The van der Waals surface area contributed by atoms with E-state index < -0.39 is 11.7 Å². The van der Waals surface area contributed by atoms with Crippen molar-refractivity contribution in [1.29, 1.82) is 5.26 Å². The molecule has 0 aliphatic heterocycles. The zero-order chi connectivity index (χ0) is 15.0. The molecule has 0 heterocycles. The van der Waals surface area contributed by atoms with Crippen molar-refractivity contribution in [2.75, 3.05) is 0 Å². The molecule has 2 atom stereocenters. The second-order valence-electron chi connectivity index (χ2n) is 5.98. The number of ether oxygens (including phenoxy) is 1. The first-order valence-electron chi connectivity index (χ1n) is 7.25. The average Bonchev–Trinajstić information content (AvgIpc) is 2.98. The van der Waals surface area contributed by atoms with Crippen molar-refractivity contribution in [2.45, 2.75) is 44.4 Å². The van der Waals surface area contributed by atoms with E-state index >= 15 is 0 Å². The van der Waals surface area contributed by atoms with E-state index in [9.17, 15) is 13.2 Å². The van der Waals surface area contributed by atoms with Crippen LogP contribution in [0.4, 0.5) is 13.2 Å². The van der Waals surface area contributed by atoms with Crippen LogP contribution >= 0.6 is 0 Å². The minimum Gasteiger partial charge on any atom is -0.490 e. The van der Waals surface area contributed by atoms with Gasteiger partial charge >= 0.3 is 6.18 Å². The van der Waals surface area contributed by atoms with Crippen LogP contribution in [0.25, 0.3) is 0 Å². The third-order valence-corrected chi connectivity index (χ3v) is 4.67. The summed E-state index contributed by atoms with van der Waals surface area (Å²) in [6.45, 7) is 0. The number of halogens is 3. The third-order valence-electron chi connectivity index (χ3n) is 4.67. The summed E-state index contributed by atoms with van der Waals surface area (Å²) in [6, 6.07) is 5.18. The van der Waals surface area contributed by atoms with Crippen molar-refractivity contribution in [1.82, 2.24) is 0 Å². The second kappa shape index (κ2) is 5.25. The van der Waals surface area contributed by atoms with Gasteiger partial charge in [0, 0.05) is 0 Å². The first-order valence-corrected chi connectivity index (χ1v) is 7.25. The number of fused-ring (bicyclic) bond motifs is 1. The van der Waals surface area contributed by atoms with E-state index in [2.05, 4.69) is 0 Å². The van der Waals surface area contributed by atoms with Gasteiger partial charge in [0.15, 0.2) is 0 Å². The Balaban J connectivity index is 1.76. The van der Waals surface area contributed by atoms with Gasteiger partial charge in [0.25, 0.3) is 0 Å². The second-order valence-corrected chi connectivity index (χ2v) is 5.98. The fourth-order valence-corrected chi connectivity index (χ4v) is 3.72. The lowest BCUT2D eigenvalue weighted by molar-refractivity contribution is -0.137. The monoisotopic (exact) mass is 295 g/mol. The van der Waals surface area contributed by atoms with Crippen LogP contribution in [-0.4, -0.2) is 6.10 Å². The van der Waals surface area contributed by atoms with Crippen molar-refractivity contribution in [3.8, 4) is 11.8 Å². The first-order chi connectivity index (χ1) is 9.97. The number of benzene rings is 1. The van der Waals surface area contributed by atoms with Crippen LogP contribution in [0.1, 0.15) is 43.2 Å². The number of nitrogens with zero attached hydrogens (tertiary/aromatic N) is 1. The Morgan fingerprint density at radius 1 is 1.14 bits per heavy atom. The number of hydrogen-bond donors (Lipinski definition) is 0. The van der Waals surface area contributed by atoms with Crippen LogP contribution in [-0.2, 0) is 6.18 Å². The Hall–Kier alpha value is -1.70. The predicted octanol–water partition coefficient (Wildman–Crippen LogP) is 4.53. The summed E-state index contributed by atoms with van der Waals surface area (Å²) >= 11 is 0. The van der Waals surface area contributed by atoms with Crippen molar-refractivity contribution < 1.29 is 17.9 Å². The fourth-order valence-electron chi connectivity index (χ4n) is 3.72. The predicted molar refractivity (Wildman–Crippen MR) is 70.6 cm³/mol. The topological polar surface area (TPSA) is 33.0 Å². The van der Waals surface area contributed by atoms with E-state index in [-0.39, 0.29) is 17.4 Å². The molecule has 1 aromatic carbocycles. The molecule has 0 spiro atoms. The summed E-state index contributed by atoms with van der Waals surface area (Å²) in [4.78, 5) is 0. The SMILES string of the molecule is N#Cc1ccc(OC2CC3CCCC3C2)cc1C(F)(F)F.